The molecule has 8 nitrogen and oxygen atoms in total. The highest BCUT2D eigenvalue weighted by Gasteiger charge is 2.26. The molecule has 2 N–H and O–H groups in total. The summed E-state index contributed by atoms with van der Waals surface area (Å²) in [6, 6.07) is 7.09. The number of piperidine rings is 1. The summed E-state index contributed by atoms with van der Waals surface area (Å²) in [5.41, 5.74) is 1.56. The fourth-order valence-electron chi connectivity index (χ4n) is 2.70. The molecule has 1 aromatic rings. The first-order valence-corrected chi connectivity index (χ1v) is 8.71. The van der Waals surface area contributed by atoms with Crippen molar-refractivity contribution in [1.29, 1.82) is 0 Å². The zero-order valence-electron chi connectivity index (χ0n) is 15.4. The van der Waals surface area contributed by atoms with Gasteiger partial charge >= 0.3 is 17.9 Å². The second kappa shape index (κ2) is 9.07. The summed E-state index contributed by atoms with van der Waals surface area (Å²) >= 11 is 0. The molecule has 0 atom stereocenters. The van der Waals surface area contributed by atoms with E-state index in [9.17, 15) is 14.4 Å². The fourth-order valence-corrected chi connectivity index (χ4v) is 2.70. The Morgan fingerprint density at radius 2 is 1.73 bits per heavy atom. The van der Waals surface area contributed by atoms with E-state index in [0.29, 0.717) is 38.2 Å². The first kappa shape index (κ1) is 19.6. The van der Waals surface area contributed by atoms with Gasteiger partial charge in [0.25, 0.3) is 0 Å². The van der Waals surface area contributed by atoms with Gasteiger partial charge in [-0.25, -0.2) is 4.79 Å². The molecule has 1 aliphatic rings. The average molecular weight is 362 g/mol. The molecule has 1 aromatic carbocycles. The van der Waals surface area contributed by atoms with Crippen molar-refractivity contribution in [3.8, 4) is 0 Å². The number of ether oxygens (including phenoxy) is 1. The van der Waals surface area contributed by atoms with Crippen molar-refractivity contribution in [2.24, 2.45) is 0 Å². The smallest absolute Gasteiger partial charge is 0.409 e. The topological polar surface area (TPSA) is 91.0 Å². The minimum atomic E-state index is -0.699. The summed E-state index contributed by atoms with van der Waals surface area (Å²) in [4.78, 5) is 39.3. The quantitative estimate of drug-likeness (QED) is 0.791. The molecule has 0 unspecified atom stereocenters. The molecule has 2 rings (SSSR count). The van der Waals surface area contributed by atoms with E-state index in [-0.39, 0.29) is 12.1 Å². The van der Waals surface area contributed by atoms with Crippen molar-refractivity contribution in [1.82, 2.24) is 10.2 Å². The highest BCUT2D eigenvalue weighted by molar-refractivity contribution is 6.39. The SMILES string of the molecule is CCOC(=O)N1CCC(NC(=O)C(=O)Nc2ccc(N(C)C)cc2)CC1. The van der Waals surface area contributed by atoms with Crippen LogP contribution in [0.1, 0.15) is 19.8 Å². The maximum atomic E-state index is 12.1. The van der Waals surface area contributed by atoms with Gasteiger partial charge in [-0.1, -0.05) is 0 Å². The van der Waals surface area contributed by atoms with Crippen LogP contribution < -0.4 is 15.5 Å². The summed E-state index contributed by atoms with van der Waals surface area (Å²) in [7, 11) is 3.85. The van der Waals surface area contributed by atoms with Crippen LogP contribution in [0.3, 0.4) is 0 Å². The Morgan fingerprint density at radius 3 is 2.27 bits per heavy atom. The van der Waals surface area contributed by atoms with Crippen LogP contribution >= 0.6 is 0 Å². The number of carbonyl (C=O) groups is 3. The lowest BCUT2D eigenvalue weighted by atomic mass is 10.1. The lowest BCUT2D eigenvalue weighted by molar-refractivity contribution is -0.136. The summed E-state index contributed by atoms with van der Waals surface area (Å²) in [6.45, 7) is 3.09. The molecular weight excluding hydrogens is 336 g/mol. The van der Waals surface area contributed by atoms with Crippen LogP contribution in [-0.4, -0.2) is 62.6 Å². The monoisotopic (exact) mass is 362 g/mol. The number of nitrogens with one attached hydrogen (secondary N) is 2. The molecule has 0 saturated carbocycles. The third-order valence-electron chi connectivity index (χ3n) is 4.20. The van der Waals surface area contributed by atoms with Crippen molar-refractivity contribution in [2.75, 3.05) is 44.0 Å². The van der Waals surface area contributed by atoms with Crippen LogP contribution in [0.15, 0.2) is 24.3 Å². The number of benzene rings is 1. The van der Waals surface area contributed by atoms with E-state index in [1.54, 1.807) is 24.0 Å². The van der Waals surface area contributed by atoms with Gasteiger partial charge in [0.05, 0.1) is 6.61 Å². The Morgan fingerprint density at radius 1 is 1.12 bits per heavy atom. The van der Waals surface area contributed by atoms with Crippen LogP contribution in [0, 0.1) is 0 Å². The third-order valence-corrected chi connectivity index (χ3v) is 4.20. The highest BCUT2D eigenvalue weighted by atomic mass is 16.6. The van der Waals surface area contributed by atoms with Crippen LogP contribution in [0.2, 0.25) is 0 Å². The third kappa shape index (κ3) is 5.37. The number of carbonyl (C=O) groups excluding carboxylic acids is 3. The fraction of sp³-hybridized carbons (Fsp3) is 0.500. The van der Waals surface area contributed by atoms with Crippen LogP contribution in [0.5, 0.6) is 0 Å². The number of hydrogen-bond acceptors (Lipinski definition) is 5. The van der Waals surface area contributed by atoms with E-state index in [1.165, 1.54) is 0 Å². The van der Waals surface area contributed by atoms with E-state index in [4.69, 9.17) is 4.74 Å². The Bertz CT molecular complexity index is 637. The van der Waals surface area contributed by atoms with Crippen molar-refractivity contribution in [3.05, 3.63) is 24.3 Å². The van der Waals surface area contributed by atoms with Crippen molar-refractivity contribution < 1.29 is 19.1 Å². The molecule has 26 heavy (non-hydrogen) atoms. The number of likely N-dealkylation sites (tertiary alicyclic amines) is 1. The van der Waals surface area contributed by atoms with Crippen molar-refractivity contribution >= 4 is 29.3 Å². The van der Waals surface area contributed by atoms with Gasteiger partial charge in [0.15, 0.2) is 0 Å². The zero-order chi connectivity index (χ0) is 19.1. The van der Waals surface area contributed by atoms with Gasteiger partial charge in [-0.05, 0) is 44.0 Å². The molecule has 0 bridgehead atoms. The minimum Gasteiger partial charge on any atom is -0.450 e. The summed E-state index contributed by atoms with van der Waals surface area (Å²) in [5, 5.41) is 5.31. The molecule has 8 heteroatoms. The largest absolute Gasteiger partial charge is 0.450 e. The molecule has 0 aromatic heterocycles. The molecular formula is C18H26N4O4. The van der Waals surface area contributed by atoms with Gasteiger partial charge in [0.1, 0.15) is 0 Å². The maximum absolute atomic E-state index is 12.1. The van der Waals surface area contributed by atoms with Crippen LogP contribution in [0.4, 0.5) is 16.2 Å². The number of amides is 3. The Kier molecular flexibility index (Phi) is 6.82. The Balaban J connectivity index is 1.79. The van der Waals surface area contributed by atoms with E-state index < -0.39 is 11.8 Å². The van der Waals surface area contributed by atoms with Gasteiger partial charge in [-0.15, -0.1) is 0 Å². The van der Waals surface area contributed by atoms with Crippen LogP contribution in [0.25, 0.3) is 0 Å². The van der Waals surface area contributed by atoms with Gasteiger partial charge in [-0.2, -0.15) is 0 Å². The lowest BCUT2D eigenvalue weighted by Gasteiger charge is -2.31. The van der Waals surface area contributed by atoms with Gasteiger partial charge < -0.3 is 25.2 Å². The molecule has 1 aliphatic heterocycles. The van der Waals surface area contributed by atoms with Gasteiger partial charge in [-0.3, -0.25) is 9.59 Å². The first-order valence-electron chi connectivity index (χ1n) is 8.71. The van der Waals surface area contributed by atoms with E-state index >= 15 is 0 Å². The molecule has 1 saturated heterocycles. The average Bonchev–Trinajstić information content (AvgIpc) is 2.63. The molecule has 0 radical (unpaired) electrons. The summed E-state index contributed by atoms with van der Waals surface area (Å²) in [6.07, 6.45) is 0.848. The normalized spacial score (nSPS) is 14.5. The van der Waals surface area contributed by atoms with Crippen molar-refractivity contribution in [3.63, 3.8) is 0 Å². The number of anilines is 2. The summed E-state index contributed by atoms with van der Waals surface area (Å²) < 4.78 is 4.96. The van der Waals surface area contributed by atoms with E-state index in [0.717, 1.165) is 5.69 Å². The number of rotatable bonds is 4. The molecule has 142 valence electrons. The highest BCUT2D eigenvalue weighted by Crippen LogP contribution is 2.16. The molecule has 3 amide bonds. The van der Waals surface area contributed by atoms with Gasteiger partial charge in [0, 0.05) is 44.6 Å². The van der Waals surface area contributed by atoms with Crippen molar-refractivity contribution in [2.45, 2.75) is 25.8 Å². The predicted octanol–water partition coefficient (Wildman–Crippen LogP) is 1.43. The predicted molar refractivity (Wildman–Crippen MR) is 99.2 cm³/mol. The second-order valence-electron chi connectivity index (χ2n) is 6.33. The zero-order valence-corrected chi connectivity index (χ0v) is 15.4. The molecule has 0 aliphatic carbocycles. The Labute approximate surface area is 153 Å². The summed E-state index contributed by atoms with van der Waals surface area (Å²) in [5.74, 6) is -1.37. The Hall–Kier alpha value is -2.77. The lowest BCUT2D eigenvalue weighted by Crippen LogP contribution is -2.49. The number of nitrogens with zero attached hydrogens (tertiary/aromatic N) is 2. The van der Waals surface area contributed by atoms with Gasteiger partial charge in [0.2, 0.25) is 0 Å². The van der Waals surface area contributed by atoms with E-state index in [2.05, 4.69) is 10.6 Å². The van der Waals surface area contributed by atoms with E-state index in [1.807, 2.05) is 31.1 Å². The standard InChI is InChI=1S/C18H26N4O4/c1-4-26-18(25)22-11-9-14(10-12-22)20-17(24)16(23)19-13-5-7-15(8-6-13)21(2)3/h5-8,14H,4,9-12H2,1-3H3,(H,19,23)(H,20,24). The first-order chi connectivity index (χ1) is 12.4. The molecule has 1 heterocycles. The van der Waals surface area contributed by atoms with Crippen LogP contribution in [-0.2, 0) is 14.3 Å². The molecule has 1 fully saturated rings. The molecule has 0 spiro atoms. The maximum Gasteiger partial charge on any atom is 0.409 e. The second-order valence-corrected chi connectivity index (χ2v) is 6.33. The minimum absolute atomic E-state index is 0.130. The number of hydrogen-bond donors (Lipinski definition) is 2.